The lowest BCUT2D eigenvalue weighted by atomic mass is 10.0. The van der Waals surface area contributed by atoms with E-state index in [0.717, 1.165) is 0 Å². The molecule has 1 amide bonds. The number of carbonyl (C=O) groups excluding carboxylic acids is 2. The van der Waals surface area contributed by atoms with Gasteiger partial charge in [0.05, 0.1) is 6.04 Å². The van der Waals surface area contributed by atoms with Gasteiger partial charge in [0.25, 0.3) is 0 Å². The minimum absolute atomic E-state index is 0.0291. The molecule has 0 saturated heterocycles. The molecule has 0 unspecified atom stereocenters. The Morgan fingerprint density at radius 2 is 2.15 bits per heavy atom. The van der Waals surface area contributed by atoms with E-state index in [9.17, 15) is 14.0 Å². The number of nitrogens with one attached hydrogen (secondary N) is 1. The summed E-state index contributed by atoms with van der Waals surface area (Å²) in [6.45, 7) is 5.21. The van der Waals surface area contributed by atoms with E-state index in [1.165, 1.54) is 18.2 Å². The molecule has 0 aromatic heterocycles. The summed E-state index contributed by atoms with van der Waals surface area (Å²) in [7, 11) is 0. The van der Waals surface area contributed by atoms with E-state index in [-0.39, 0.29) is 6.42 Å². The van der Waals surface area contributed by atoms with Crippen molar-refractivity contribution in [2.75, 3.05) is 0 Å². The van der Waals surface area contributed by atoms with Gasteiger partial charge in [0, 0.05) is 10.9 Å². The number of hydrogen-bond acceptors (Lipinski definition) is 3. The first kappa shape index (κ1) is 16.6. The fourth-order valence-corrected chi connectivity index (χ4v) is 2.11. The van der Waals surface area contributed by atoms with Gasteiger partial charge in [0.2, 0.25) is 0 Å². The fraction of sp³-hybridized carbons (Fsp3) is 0.429. The third-order valence-corrected chi connectivity index (χ3v) is 3.08. The van der Waals surface area contributed by atoms with E-state index in [0.29, 0.717) is 16.3 Å². The SMILES string of the molecule is CC(C)(C)OC(=O)N[C@H](CC=O)c1cc(F)ccc1Br. The third kappa shape index (κ3) is 5.28. The number of aldehydes is 1. The van der Waals surface area contributed by atoms with E-state index in [1.807, 2.05) is 0 Å². The summed E-state index contributed by atoms with van der Waals surface area (Å²) in [6, 6.07) is 3.45. The standard InChI is InChI=1S/C14H17BrFNO3/c1-14(2,3)20-13(19)17-12(6-7-18)10-8-9(16)4-5-11(10)15/h4-5,7-8,12H,6H2,1-3H3,(H,17,19)/t12-/m1/s1. The average molecular weight is 346 g/mol. The number of alkyl carbamates (subject to hydrolysis) is 1. The normalized spacial score (nSPS) is 12.7. The maximum absolute atomic E-state index is 13.3. The van der Waals surface area contributed by atoms with Crippen LogP contribution in [0.1, 0.15) is 38.8 Å². The summed E-state index contributed by atoms with van der Waals surface area (Å²) < 4.78 is 19.0. The maximum atomic E-state index is 13.3. The molecule has 0 aliphatic heterocycles. The van der Waals surface area contributed by atoms with Gasteiger partial charge >= 0.3 is 6.09 Å². The molecule has 1 aromatic rings. The second-order valence-electron chi connectivity index (χ2n) is 5.27. The lowest BCUT2D eigenvalue weighted by Crippen LogP contribution is -2.35. The molecule has 1 atom stereocenters. The number of hydrogen-bond donors (Lipinski definition) is 1. The number of ether oxygens (including phenoxy) is 1. The van der Waals surface area contributed by atoms with Crippen molar-refractivity contribution in [3.63, 3.8) is 0 Å². The van der Waals surface area contributed by atoms with Crippen molar-refractivity contribution in [1.29, 1.82) is 0 Å². The zero-order valence-corrected chi connectivity index (χ0v) is 13.2. The van der Waals surface area contributed by atoms with Crippen molar-refractivity contribution in [1.82, 2.24) is 5.32 Å². The first-order valence-corrected chi connectivity index (χ1v) is 6.90. The minimum atomic E-state index is -0.652. The van der Waals surface area contributed by atoms with Gasteiger partial charge in [0.1, 0.15) is 17.7 Å². The number of halogens is 2. The van der Waals surface area contributed by atoms with Crippen LogP contribution in [0.5, 0.6) is 0 Å². The predicted octanol–water partition coefficient (Wildman–Crippen LogP) is 3.74. The van der Waals surface area contributed by atoms with Gasteiger partial charge in [-0.15, -0.1) is 0 Å². The molecule has 20 heavy (non-hydrogen) atoms. The number of carbonyl (C=O) groups is 2. The van der Waals surface area contributed by atoms with Crippen LogP contribution in [0, 0.1) is 5.82 Å². The van der Waals surface area contributed by atoms with E-state index >= 15 is 0 Å². The molecule has 6 heteroatoms. The van der Waals surface area contributed by atoms with Crippen LogP contribution < -0.4 is 5.32 Å². The highest BCUT2D eigenvalue weighted by Gasteiger charge is 2.22. The Bertz CT molecular complexity index is 500. The van der Waals surface area contributed by atoms with Gasteiger partial charge in [-0.25, -0.2) is 9.18 Å². The molecule has 0 aliphatic carbocycles. The van der Waals surface area contributed by atoms with Crippen LogP contribution in [-0.2, 0) is 9.53 Å². The molecule has 1 aromatic carbocycles. The minimum Gasteiger partial charge on any atom is -0.444 e. The van der Waals surface area contributed by atoms with Crippen molar-refractivity contribution >= 4 is 28.3 Å². The van der Waals surface area contributed by atoms with Gasteiger partial charge < -0.3 is 14.8 Å². The average Bonchev–Trinajstić information content (AvgIpc) is 2.29. The monoisotopic (exact) mass is 345 g/mol. The van der Waals surface area contributed by atoms with Gasteiger partial charge in [-0.1, -0.05) is 15.9 Å². The molecule has 0 heterocycles. The quantitative estimate of drug-likeness (QED) is 0.845. The number of rotatable bonds is 4. The highest BCUT2D eigenvalue weighted by molar-refractivity contribution is 9.10. The Balaban J connectivity index is 2.91. The first-order valence-electron chi connectivity index (χ1n) is 6.11. The van der Waals surface area contributed by atoms with Crippen LogP contribution in [0.25, 0.3) is 0 Å². The molecule has 0 bridgehead atoms. The summed E-state index contributed by atoms with van der Waals surface area (Å²) in [5, 5.41) is 2.57. The molecular formula is C14H17BrFNO3. The van der Waals surface area contributed by atoms with E-state index in [4.69, 9.17) is 4.74 Å². The Kier molecular flexibility index (Phi) is 5.68. The van der Waals surface area contributed by atoms with E-state index < -0.39 is 23.6 Å². The highest BCUT2D eigenvalue weighted by Crippen LogP contribution is 2.26. The Labute approximate surface area is 125 Å². The van der Waals surface area contributed by atoms with E-state index in [2.05, 4.69) is 21.2 Å². The van der Waals surface area contributed by atoms with Crippen molar-refractivity contribution in [2.24, 2.45) is 0 Å². The molecule has 0 aliphatic rings. The summed E-state index contributed by atoms with van der Waals surface area (Å²) in [5.74, 6) is -0.440. The summed E-state index contributed by atoms with van der Waals surface area (Å²) in [5.41, 5.74) is -0.155. The van der Waals surface area contributed by atoms with Gasteiger partial charge in [0.15, 0.2) is 0 Å². The molecule has 110 valence electrons. The van der Waals surface area contributed by atoms with Crippen molar-refractivity contribution in [3.8, 4) is 0 Å². The Morgan fingerprint density at radius 1 is 1.50 bits per heavy atom. The molecule has 0 spiro atoms. The zero-order chi connectivity index (χ0) is 15.3. The molecule has 1 rings (SSSR count). The van der Waals surface area contributed by atoms with Crippen molar-refractivity contribution < 1.29 is 18.7 Å². The zero-order valence-electron chi connectivity index (χ0n) is 11.6. The van der Waals surface area contributed by atoms with Crippen LogP contribution in [0.15, 0.2) is 22.7 Å². The number of amides is 1. The van der Waals surface area contributed by atoms with Crippen molar-refractivity contribution in [3.05, 3.63) is 34.1 Å². The second-order valence-corrected chi connectivity index (χ2v) is 6.12. The van der Waals surface area contributed by atoms with Gasteiger partial charge in [-0.05, 0) is 44.5 Å². The van der Waals surface area contributed by atoms with Crippen LogP contribution in [0.4, 0.5) is 9.18 Å². The van der Waals surface area contributed by atoms with Crippen LogP contribution in [0.3, 0.4) is 0 Å². The molecular weight excluding hydrogens is 329 g/mol. The van der Waals surface area contributed by atoms with Crippen LogP contribution in [0.2, 0.25) is 0 Å². The summed E-state index contributed by atoms with van der Waals surface area (Å²) in [4.78, 5) is 22.5. The lowest BCUT2D eigenvalue weighted by molar-refractivity contribution is -0.108. The lowest BCUT2D eigenvalue weighted by Gasteiger charge is -2.23. The topological polar surface area (TPSA) is 55.4 Å². The van der Waals surface area contributed by atoms with Crippen LogP contribution >= 0.6 is 15.9 Å². The van der Waals surface area contributed by atoms with Crippen molar-refractivity contribution in [2.45, 2.75) is 38.8 Å². The van der Waals surface area contributed by atoms with Gasteiger partial charge in [-0.2, -0.15) is 0 Å². The summed E-state index contributed by atoms with van der Waals surface area (Å²) in [6.07, 6.45) is 0.0428. The highest BCUT2D eigenvalue weighted by atomic mass is 79.9. The Hall–Kier alpha value is -1.43. The Morgan fingerprint density at radius 3 is 2.70 bits per heavy atom. The van der Waals surface area contributed by atoms with Crippen LogP contribution in [-0.4, -0.2) is 18.0 Å². The first-order chi connectivity index (χ1) is 9.23. The molecule has 0 fully saturated rings. The number of benzene rings is 1. The largest absolute Gasteiger partial charge is 0.444 e. The maximum Gasteiger partial charge on any atom is 0.408 e. The second kappa shape index (κ2) is 6.83. The molecule has 0 saturated carbocycles. The molecule has 1 N–H and O–H groups in total. The fourth-order valence-electron chi connectivity index (χ4n) is 1.59. The molecule has 4 nitrogen and oxygen atoms in total. The van der Waals surface area contributed by atoms with Gasteiger partial charge in [-0.3, -0.25) is 0 Å². The van der Waals surface area contributed by atoms with E-state index in [1.54, 1.807) is 20.8 Å². The smallest absolute Gasteiger partial charge is 0.408 e. The predicted molar refractivity (Wildman–Crippen MR) is 76.9 cm³/mol. The molecule has 0 radical (unpaired) electrons. The third-order valence-electron chi connectivity index (χ3n) is 2.36. The summed E-state index contributed by atoms with van der Waals surface area (Å²) >= 11 is 3.28.